The number of H-pyrrole nitrogens is 1. The van der Waals surface area contributed by atoms with E-state index in [1.807, 2.05) is 30.3 Å². The van der Waals surface area contributed by atoms with Crippen LogP contribution in [0.1, 0.15) is 16.8 Å². The number of aliphatic carboxylic acids is 1. The first-order chi connectivity index (χ1) is 18.8. The van der Waals surface area contributed by atoms with Crippen molar-refractivity contribution in [2.45, 2.75) is 43.4 Å². The van der Waals surface area contributed by atoms with E-state index in [4.69, 9.17) is 5.73 Å². The number of amides is 3. The molecule has 0 radical (unpaired) electrons. The first-order valence-electron chi connectivity index (χ1n) is 12.3. The lowest BCUT2D eigenvalue weighted by Gasteiger charge is -2.24. The maximum absolute atomic E-state index is 13.2. The molecule has 0 aliphatic carbocycles. The second kappa shape index (κ2) is 14.4. The Labute approximate surface area is 225 Å². The summed E-state index contributed by atoms with van der Waals surface area (Å²) in [5.41, 5.74) is 8.13. The number of rotatable bonds is 14. The average molecular weight is 537 g/mol. The van der Waals surface area contributed by atoms with E-state index < -0.39 is 54.5 Å². The van der Waals surface area contributed by atoms with Gasteiger partial charge in [-0.1, -0.05) is 60.7 Å². The van der Waals surface area contributed by atoms with Crippen molar-refractivity contribution in [2.75, 3.05) is 6.61 Å². The van der Waals surface area contributed by atoms with Crippen LogP contribution in [-0.4, -0.2) is 74.6 Å². The molecular weight excluding hydrogens is 504 g/mol. The van der Waals surface area contributed by atoms with Crippen LogP contribution in [-0.2, 0) is 38.4 Å². The Morgan fingerprint density at radius 1 is 0.769 bits per heavy atom. The van der Waals surface area contributed by atoms with Crippen LogP contribution < -0.4 is 21.7 Å². The fourth-order valence-electron chi connectivity index (χ4n) is 3.85. The topological polar surface area (TPSA) is 200 Å². The maximum atomic E-state index is 13.2. The highest BCUT2D eigenvalue weighted by Crippen LogP contribution is 2.06. The molecule has 0 aliphatic rings. The van der Waals surface area contributed by atoms with Crippen LogP contribution in [0.3, 0.4) is 0 Å². The lowest BCUT2D eigenvalue weighted by Crippen LogP contribution is -2.58. The Kier molecular flexibility index (Phi) is 10.7. The molecule has 3 aromatic rings. The van der Waals surface area contributed by atoms with E-state index in [-0.39, 0.29) is 19.3 Å². The van der Waals surface area contributed by atoms with Crippen LogP contribution >= 0.6 is 0 Å². The number of benzene rings is 2. The summed E-state index contributed by atoms with van der Waals surface area (Å²) in [5, 5.41) is 26.7. The van der Waals surface area contributed by atoms with Gasteiger partial charge >= 0.3 is 5.97 Å². The van der Waals surface area contributed by atoms with E-state index in [1.165, 1.54) is 12.5 Å². The van der Waals surface area contributed by atoms with E-state index in [9.17, 15) is 29.4 Å². The highest BCUT2D eigenvalue weighted by molar-refractivity contribution is 5.94. The predicted octanol–water partition coefficient (Wildman–Crippen LogP) is -0.704. The van der Waals surface area contributed by atoms with E-state index in [2.05, 4.69) is 25.9 Å². The number of aromatic nitrogens is 2. The molecule has 1 aromatic heterocycles. The Hall–Kier alpha value is -4.55. The molecule has 4 unspecified atom stereocenters. The Bertz CT molecular complexity index is 1220. The van der Waals surface area contributed by atoms with Crippen molar-refractivity contribution in [1.29, 1.82) is 0 Å². The van der Waals surface area contributed by atoms with Crippen molar-refractivity contribution in [3.05, 3.63) is 90.0 Å². The number of aromatic amines is 1. The van der Waals surface area contributed by atoms with Gasteiger partial charge in [0.25, 0.3) is 0 Å². The van der Waals surface area contributed by atoms with Crippen LogP contribution in [0.15, 0.2) is 73.2 Å². The molecule has 0 spiro atoms. The number of carbonyl (C=O) groups excluding carboxylic acids is 3. The molecule has 3 amide bonds. The molecule has 0 saturated carbocycles. The third-order valence-corrected chi connectivity index (χ3v) is 5.96. The largest absolute Gasteiger partial charge is 0.480 e. The monoisotopic (exact) mass is 536 g/mol. The van der Waals surface area contributed by atoms with Gasteiger partial charge in [0.1, 0.15) is 18.1 Å². The van der Waals surface area contributed by atoms with Crippen molar-refractivity contribution in [3.63, 3.8) is 0 Å². The average Bonchev–Trinajstić information content (AvgIpc) is 3.45. The number of nitrogens with zero attached hydrogens (tertiary/aromatic N) is 1. The van der Waals surface area contributed by atoms with Gasteiger partial charge in [0.05, 0.1) is 19.0 Å². The number of carbonyl (C=O) groups is 4. The summed E-state index contributed by atoms with van der Waals surface area (Å²) >= 11 is 0. The number of hydrogen-bond acceptors (Lipinski definition) is 7. The lowest BCUT2D eigenvalue weighted by molar-refractivity contribution is -0.142. The standard InChI is InChI=1S/C27H32N6O6/c28-20(11-17-7-3-1-4-8-17)24(35)31-21(13-19-14-29-16-30-19)25(36)33-23(15-34)26(37)32-22(27(38)39)12-18-9-5-2-6-10-18/h1-10,14,16,20-23,34H,11-13,15,28H2,(H,29,30)(H,31,35)(H,32,37)(H,33,36)(H,38,39). The minimum atomic E-state index is -1.46. The number of carboxylic acids is 1. The quantitative estimate of drug-likeness (QED) is 0.140. The van der Waals surface area contributed by atoms with Gasteiger partial charge in [-0.15, -0.1) is 0 Å². The lowest BCUT2D eigenvalue weighted by atomic mass is 10.0. The summed E-state index contributed by atoms with van der Waals surface area (Å²) in [6.07, 6.45) is 3.14. The van der Waals surface area contributed by atoms with Gasteiger partial charge in [-0.3, -0.25) is 14.4 Å². The molecular formula is C27H32N6O6. The summed E-state index contributed by atoms with van der Waals surface area (Å²) in [7, 11) is 0. The Morgan fingerprint density at radius 2 is 1.31 bits per heavy atom. The number of hydrogen-bond donors (Lipinski definition) is 7. The number of nitrogens with two attached hydrogens (primary N) is 1. The van der Waals surface area contributed by atoms with Crippen molar-refractivity contribution in [3.8, 4) is 0 Å². The van der Waals surface area contributed by atoms with Crippen molar-refractivity contribution >= 4 is 23.7 Å². The molecule has 2 aromatic carbocycles. The van der Waals surface area contributed by atoms with Gasteiger partial charge in [0, 0.05) is 24.7 Å². The minimum Gasteiger partial charge on any atom is -0.480 e. The maximum Gasteiger partial charge on any atom is 0.326 e. The van der Waals surface area contributed by atoms with Crippen molar-refractivity contribution in [2.24, 2.45) is 5.73 Å². The van der Waals surface area contributed by atoms with Gasteiger partial charge in [-0.05, 0) is 17.5 Å². The molecule has 0 saturated heterocycles. The molecule has 39 heavy (non-hydrogen) atoms. The summed E-state index contributed by atoms with van der Waals surface area (Å²) in [6.45, 7) is -0.798. The van der Waals surface area contributed by atoms with Gasteiger partial charge < -0.3 is 36.9 Å². The first-order valence-corrected chi connectivity index (χ1v) is 12.3. The number of aliphatic hydroxyl groups is 1. The summed E-state index contributed by atoms with van der Waals surface area (Å²) in [4.78, 5) is 57.3. The number of nitrogens with one attached hydrogen (secondary N) is 4. The molecule has 3 rings (SSSR count). The van der Waals surface area contributed by atoms with Crippen LogP contribution in [0.4, 0.5) is 0 Å². The Morgan fingerprint density at radius 3 is 1.85 bits per heavy atom. The third-order valence-electron chi connectivity index (χ3n) is 5.96. The second-order valence-corrected chi connectivity index (χ2v) is 8.97. The predicted molar refractivity (Wildman–Crippen MR) is 141 cm³/mol. The first kappa shape index (κ1) is 29.0. The zero-order chi connectivity index (χ0) is 28.2. The van der Waals surface area contributed by atoms with Gasteiger partial charge in [-0.2, -0.15) is 0 Å². The zero-order valence-corrected chi connectivity index (χ0v) is 21.1. The number of imidazole rings is 1. The zero-order valence-electron chi connectivity index (χ0n) is 21.1. The fourth-order valence-corrected chi connectivity index (χ4v) is 3.85. The highest BCUT2D eigenvalue weighted by atomic mass is 16.4. The van der Waals surface area contributed by atoms with Crippen molar-refractivity contribution < 1.29 is 29.4 Å². The molecule has 12 nitrogen and oxygen atoms in total. The minimum absolute atomic E-state index is 0.00115. The van der Waals surface area contributed by atoms with Gasteiger partial charge in [-0.25, -0.2) is 9.78 Å². The summed E-state index contributed by atoms with van der Waals surface area (Å²) < 4.78 is 0. The second-order valence-electron chi connectivity index (χ2n) is 8.97. The van der Waals surface area contributed by atoms with E-state index >= 15 is 0 Å². The van der Waals surface area contributed by atoms with Crippen LogP contribution in [0, 0.1) is 0 Å². The molecule has 206 valence electrons. The van der Waals surface area contributed by atoms with E-state index in [0.717, 1.165) is 5.56 Å². The van der Waals surface area contributed by atoms with E-state index in [0.29, 0.717) is 11.3 Å². The molecule has 0 bridgehead atoms. The molecule has 4 atom stereocenters. The van der Waals surface area contributed by atoms with Gasteiger partial charge in [0.15, 0.2) is 0 Å². The number of aliphatic hydroxyl groups excluding tert-OH is 1. The van der Waals surface area contributed by atoms with Crippen LogP contribution in [0.2, 0.25) is 0 Å². The number of carboxylic acid groups (broad SMARTS) is 1. The molecule has 8 N–H and O–H groups in total. The third kappa shape index (κ3) is 9.05. The SMILES string of the molecule is NC(Cc1ccccc1)C(=O)NC(Cc1cnc[nH]1)C(=O)NC(CO)C(=O)NC(Cc1ccccc1)C(=O)O. The normalized spacial score (nSPS) is 13.9. The Balaban J connectivity index is 1.67. The summed E-state index contributed by atoms with van der Waals surface area (Å²) in [6, 6.07) is 13.0. The molecule has 0 aliphatic heterocycles. The summed E-state index contributed by atoms with van der Waals surface area (Å²) in [5.74, 6) is -3.51. The van der Waals surface area contributed by atoms with Crippen LogP contribution in [0.25, 0.3) is 0 Å². The van der Waals surface area contributed by atoms with Gasteiger partial charge in [0.2, 0.25) is 17.7 Å². The van der Waals surface area contributed by atoms with E-state index in [1.54, 1.807) is 30.3 Å². The highest BCUT2D eigenvalue weighted by Gasteiger charge is 2.30. The molecule has 0 fully saturated rings. The smallest absolute Gasteiger partial charge is 0.326 e. The van der Waals surface area contributed by atoms with Crippen LogP contribution in [0.5, 0.6) is 0 Å². The molecule has 12 heteroatoms. The van der Waals surface area contributed by atoms with Crippen molar-refractivity contribution in [1.82, 2.24) is 25.9 Å². The molecule has 1 heterocycles. The fraction of sp³-hybridized carbons (Fsp3) is 0.296.